The highest BCUT2D eigenvalue weighted by atomic mass is 16.5. The van der Waals surface area contributed by atoms with Gasteiger partial charge >= 0.3 is 0 Å². The van der Waals surface area contributed by atoms with Crippen LogP contribution in [0.1, 0.15) is 46.7 Å². The van der Waals surface area contributed by atoms with Gasteiger partial charge in [-0.25, -0.2) is 0 Å². The fourth-order valence-electron chi connectivity index (χ4n) is 3.12. The molecule has 1 aromatic heterocycles. The summed E-state index contributed by atoms with van der Waals surface area (Å²) in [6.07, 6.45) is 3.05. The smallest absolute Gasteiger partial charge is 0.0808 e. The van der Waals surface area contributed by atoms with Crippen LogP contribution in [0.5, 0.6) is 0 Å². The monoisotopic (exact) mass is 291 g/mol. The van der Waals surface area contributed by atoms with E-state index in [4.69, 9.17) is 4.74 Å². The minimum absolute atomic E-state index is 0.133. The highest BCUT2D eigenvalue weighted by Crippen LogP contribution is 2.31. The highest BCUT2D eigenvalue weighted by molar-refractivity contribution is 5.48. The molecule has 1 fully saturated rings. The van der Waals surface area contributed by atoms with Crippen LogP contribution in [0, 0.1) is 0 Å². The van der Waals surface area contributed by atoms with Crippen LogP contribution in [0.4, 0.5) is 5.69 Å². The van der Waals surface area contributed by atoms with Crippen molar-refractivity contribution in [1.29, 1.82) is 0 Å². The lowest BCUT2D eigenvalue weighted by Crippen LogP contribution is -2.57. The molecular weight excluding hydrogens is 262 g/mol. The zero-order valence-electron chi connectivity index (χ0n) is 14.1. The number of anilines is 1. The Morgan fingerprint density at radius 2 is 1.90 bits per heavy atom. The molecule has 2 heterocycles. The molecule has 1 N–H and O–H groups in total. The van der Waals surface area contributed by atoms with Crippen molar-refractivity contribution in [1.82, 2.24) is 10.3 Å². The second-order valence-electron chi connectivity index (χ2n) is 7.16. The summed E-state index contributed by atoms with van der Waals surface area (Å²) in [5.74, 6) is 0. The lowest BCUT2D eigenvalue weighted by Gasteiger charge is -2.48. The molecule has 1 saturated heterocycles. The van der Waals surface area contributed by atoms with Crippen LogP contribution < -0.4 is 10.2 Å². The van der Waals surface area contributed by atoms with Gasteiger partial charge in [0.25, 0.3) is 0 Å². The number of rotatable bonds is 5. The van der Waals surface area contributed by atoms with Gasteiger partial charge in [0.2, 0.25) is 0 Å². The number of nitrogens with one attached hydrogen (secondary N) is 1. The van der Waals surface area contributed by atoms with Crippen LogP contribution in [-0.4, -0.2) is 35.8 Å². The fraction of sp³-hybridized carbons (Fsp3) is 0.706. The van der Waals surface area contributed by atoms with Gasteiger partial charge in [-0.1, -0.05) is 6.92 Å². The second kappa shape index (κ2) is 6.32. The second-order valence-corrected chi connectivity index (χ2v) is 7.16. The number of hydrogen-bond acceptors (Lipinski definition) is 4. The van der Waals surface area contributed by atoms with E-state index < -0.39 is 0 Å². The molecule has 1 aromatic rings. The molecule has 0 unspecified atom stereocenters. The maximum atomic E-state index is 6.15. The van der Waals surface area contributed by atoms with E-state index in [2.05, 4.69) is 62.0 Å². The number of pyridine rings is 1. The van der Waals surface area contributed by atoms with E-state index in [0.717, 1.165) is 38.3 Å². The average molecular weight is 291 g/mol. The summed E-state index contributed by atoms with van der Waals surface area (Å²) < 4.78 is 6.15. The lowest BCUT2D eigenvalue weighted by molar-refractivity contribution is -0.133. The van der Waals surface area contributed by atoms with Crippen molar-refractivity contribution in [2.45, 2.75) is 58.8 Å². The molecule has 0 saturated carbocycles. The van der Waals surface area contributed by atoms with Crippen LogP contribution in [0.15, 0.2) is 18.3 Å². The molecule has 0 bridgehead atoms. The van der Waals surface area contributed by atoms with Crippen molar-refractivity contribution in [3.8, 4) is 0 Å². The molecular formula is C17H29N3O. The molecule has 0 atom stereocenters. The molecule has 1 aliphatic heterocycles. The van der Waals surface area contributed by atoms with Gasteiger partial charge < -0.3 is 15.0 Å². The van der Waals surface area contributed by atoms with Gasteiger partial charge in [0.05, 0.1) is 16.9 Å². The molecule has 0 aromatic carbocycles. The van der Waals surface area contributed by atoms with Crippen molar-refractivity contribution in [2.75, 3.05) is 24.5 Å². The quantitative estimate of drug-likeness (QED) is 0.846. The van der Waals surface area contributed by atoms with E-state index in [9.17, 15) is 0 Å². The topological polar surface area (TPSA) is 37.4 Å². The number of ether oxygens (including phenoxy) is 1. The first-order chi connectivity index (χ1) is 9.81. The largest absolute Gasteiger partial charge is 0.366 e. The van der Waals surface area contributed by atoms with Crippen molar-refractivity contribution >= 4 is 5.69 Å². The SMILES string of the molecule is CCCNCc1cc(N2CC(C)(C)OC(C)(C)C2)ccn1. The Morgan fingerprint density at radius 3 is 2.52 bits per heavy atom. The van der Waals surface area contributed by atoms with Crippen LogP contribution in [0.3, 0.4) is 0 Å². The first-order valence-corrected chi connectivity index (χ1v) is 7.92. The predicted molar refractivity (Wildman–Crippen MR) is 87.7 cm³/mol. The van der Waals surface area contributed by atoms with Crippen molar-refractivity contribution < 1.29 is 4.74 Å². The van der Waals surface area contributed by atoms with Crippen LogP contribution in [0.25, 0.3) is 0 Å². The standard InChI is InChI=1S/C17H29N3O/c1-6-8-18-11-14-10-15(7-9-19-14)20-12-16(2,3)21-17(4,5)13-20/h7,9-10,18H,6,8,11-13H2,1-5H3. The number of aromatic nitrogens is 1. The lowest BCUT2D eigenvalue weighted by atomic mass is 9.98. The summed E-state index contributed by atoms with van der Waals surface area (Å²) in [4.78, 5) is 6.87. The van der Waals surface area contributed by atoms with Crippen molar-refractivity contribution in [3.63, 3.8) is 0 Å². The van der Waals surface area contributed by atoms with Gasteiger partial charge in [-0.05, 0) is 52.8 Å². The normalized spacial score (nSPS) is 20.5. The van der Waals surface area contributed by atoms with E-state index in [1.165, 1.54) is 5.69 Å². The summed E-state index contributed by atoms with van der Waals surface area (Å²) in [7, 11) is 0. The van der Waals surface area contributed by atoms with Crippen LogP contribution in [0.2, 0.25) is 0 Å². The summed E-state index contributed by atoms with van der Waals surface area (Å²) in [5.41, 5.74) is 2.07. The van der Waals surface area contributed by atoms with E-state index in [1.54, 1.807) is 0 Å². The van der Waals surface area contributed by atoms with Crippen LogP contribution >= 0.6 is 0 Å². The van der Waals surface area contributed by atoms with Crippen molar-refractivity contribution in [2.24, 2.45) is 0 Å². The molecule has 1 aliphatic rings. The van der Waals surface area contributed by atoms with Gasteiger partial charge in [-0.2, -0.15) is 0 Å². The van der Waals surface area contributed by atoms with Gasteiger partial charge in [0, 0.05) is 31.5 Å². The maximum Gasteiger partial charge on any atom is 0.0808 e. The van der Waals surface area contributed by atoms with Gasteiger partial charge in [-0.3, -0.25) is 4.98 Å². The minimum atomic E-state index is -0.133. The highest BCUT2D eigenvalue weighted by Gasteiger charge is 2.38. The third-order valence-electron chi connectivity index (χ3n) is 3.59. The van der Waals surface area contributed by atoms with Gasteiger partial charge in [0.15, 0.2) is 0 Å². The summed E-state index contributed by atoms with van der Waals surface area (Å²) in [6.45, 7) is 14.5. The Labute approximate surface area is 128 Å². The van der Waals surface area contributed by atoms with Gasteiger partial charge in [0.1, 0.15) is 0 Å². The zero-order valence-corrected chi connectivity index (χ0v) is 14.1. The van der Waals surface area contributed by atoms with E-state index in [-0.39, 0.29) is 11.2 Å². The third-order valence-corrected chi connectivity index (χ3v) is 3.59. The number of nitrogens with zero attached hydrogens (tertiary/aromatic N) is 2. The predicted octanol–water partition coefficient (Wildman–Crippen LogP) is 2.98. The summed E-state index contributed by atoms with van der Waals surface area (Å²) in [5, 5.41) is 3.41. The van der Waals surface area contributed by atoms with Crippen LogP contribution in [-0.2, 0) is 11.3 Å². The Morgan fingerprint density at radius 1 is 1.24 bits per heavy atom. The van der Waals surface area contributed by atoms with E-state index in [0.29, 0.717) is 0 Å². The molecule has 118 valence electrons. The molecule has 4 nitrogen and oxygen atoms in total. The number of hydrogen-bond donors (Lipinski definition) is 1. The van der Waals surface area contributed by atoms with Crippen molar-refractivity contribution in [3.05, 3.63) is 24.0 Å². The zero-order chi connectivity index (χ0) is 15.5. The Kier molecular flexibility index (Phi) is 4.89. The molecule has 21 heavy (non-hydrogen) atoms. The Balaban J connectivity index is 2.11. The summed E-state index contributed by atoms with van der Waals surface area (Å²) >= 11 is 0. The minimum Gasteiger partial charge on any atom is -0.366 e. The Hall–Kier alpha value is -1.13. The fourth-order valence-corrected chi connectivity index (χ4v) is 3.12. The number of morpholine rings is 1. The first-order valence-electron chi connectivity index (χ1n) is 7.92. The molecule has 0 radical (unpaired) electrons. The maximum absolute atomic E-state index is 6.15. The Bertz CT molecular complexity index is 455. The third kappa shape index (κ3) is 4.68. The average Bonchev–Trinajstić information content (AvgIpc) is 2.36. The molecule has 0 aliphatic carbocycles. The van der Waals surface area contributed by atoms with E-state index in [1.807, 2.05) is 6.20 Å². The van der Waals surface area contributed by atoms with Gasteiger partial charge in [-0.15, -0.1) is 0 Å². The molecule has 0 amide bonds. The molecule has 2 rings (SSSR count). The van der Waals surface area contributed by atoms with E-state index >= 15 is 0 Å². The summed E-state index contributed by atoms with van der Waals surface area (Å²) in [6, 6.07) is 4.29. The molecule has 0 spiro atoms. The first kappa shape index (κ1) is 16.2. The molecule has 4 heteroatoms.